The quantitative estimate of drug-likeness (QED) is 0.843. The predicted octanol–water partition coefficient (Wildman–Crippen LogP) is 2.23. The van der Waals surface area contributed by atoms with Crippen LogP contribution in [0.5, 0.6) is 0 Å². The van der Waals surface area contributed by atoms with E-state index in [0.717, 1.165) is 19.5 Å². The molecule has 2 amide bonds. The number of carbonyl (C=O) groups excluding carboxylic acids is 2. The van der Waals surface area contributed by atoms with Crippen LogP contribution >= 0.6 is 0 Å². The molecular weight excluding hydrogens is 372 g/mol. The minimum Gasteiger partial charge on any atom is -0.369 e. The Kier molecular flexibility index (Phi) is 2.42. The van der Waals surface area contributed by atoms with Gasteiger partial charge in [0, 0.05) is 18.5 Å². The fourth-order valence-electron chi connectivity index (χ4n) is 9.72. The largest absolute Gasteiger partial charge is 0.369 e. The van der Waals surface area contributed by atoms with E-state index in [9.17, 15) is 9.59 Å². The lowest BCUT2D eigenvalue weighted by atomic mass is 8.92. The molecular formula is C26H24N2O2. The molecule has 0 unspecified atom stereocenters. The molecule has 2 aromatic carbocycles. The number of primary amides is 1. The van der Waals surface area contributed by atoms with E-state index in [4.69, 9.17) is 5.73 Å². The number of nitrogens with zero attached hydrogens (tertiary/aromatic N) is 1. The minimum absolute atomic E-state index is 0.00547. The predicted molar refractivity (Wildman–Crippen MR) is 110 cm³/mol. The van der Waals surface area contributed by atoms with Gasteiger partial charge in [-0.2, -0.15) is 0 Å². The van der Waals surface area contributed by atoms with Gasteiger partial charge in [0.05, 0.1) is 10.8 Å². The topological polar surface area (TPSA) is 63.4 Å². The van der Waals surface area contributed by atoms with Gasteiger partial charge in [0.1, 0.15) is 0 Å². The summed E-state index contributed by atoms with van der Waals surface area (Å²) in [5.41, 5.74) is 8.15. The van der Waals surface area contributed by atoms with Gasteiger partial charge in [0.25, 0.3) is 0 Å². The molecule has 7 fully saturated rings. The summed E-state index contributed by atoms with van der Waals surface area (Å²) in [4.78, 5) is 27.8. The molecule has 1 heterocycles. The summed E-state index contributed by atoms with van der Waals surface area (Å²) in [5.74, 6) is 3.07. The van der Waals surface area contributed by atoms with E-state index in [1.165, 1.54) is 11.1 Å². The second-order valence-electron chi connectivity index (χ2n) is 10.9. The number of benzene rings is 2. The number of carbonyl (C=O) groups is 2. The van der Waals surface area contributed by atoms with Gasteiger partial charge in [0.15, 0.2) is 0 Å². The Morgan fingerprint density at radius 2 is 1.30 bits per heavy atom. The van der Waals surface area contributed by atoms with Gasteiger partial charge in [-0.25, -0.2) is 0 Å². The van der Waals surface area contributed by atoms with Crippen molar-refractivity contribution in [1.29, 1.82) is 0 Å². The van der Waals surface area contributed by atoms with Gasteiger partial charge in [-0.05, 0) is 53.1 Å². The molecule has 2 aromatic rings. The summed E-state index contributed by atoms with van der Waals surface area (Å²) in [6.45, 7) is 1.61. The van der Waals surface area contributed by atoms with Gasteiger partial charge in [-0.1, -0.05) is 60.7 Å². The van der Waals surface area contributed by atoms with Crippen LogP contribution in [-0.4, -0.2) is 29.8 Å². The van der Waals surface area contributed by atoms with E-state index in [2.05, 4.69) is 65.6 Å². The highest BCUT2D eigenvalue weighted by Crippen LogP contribution is 3.10. The molecule has 0 radical (unpaired) electrons. The summed E-state index contributed by atoms with van der Waals surface area (Å²) >= 11 is 0. The molecule has 150 valence electrons. The summed E-state index contributed by atoms with van der Waals surface area (Å²) in [6.07, 6.45) is 0.962. The maximum Gasteiger partial charge on any atom is 0.229 e. The monoisotopic (exact) mass is 396 g/mol. The number of rotatable bonds is 5. The lowest BCUT2D eigenvalue weighted by Crippen LogP contribution is -3.12. The zero-order valence-corrected chi connectivity index (χ0v) is 16.7. The number of hydrogen-bond donors (Lipinski definition) is 1. The number of amides is 2. The first-order valence-corrected chi connectivity index (χ1v) is 11.3. The molecule has 30 heavy (non-hydrogen) atoms. The first-order valence-electron chi connectivity index (χ1n) is 11.3. The van der Waals surface area contributed by atoms with Gasteiger partial charge in [-0.3, -0.25) is 9.59 Å². The Hall–Kier alpha value is -2.62. The van der Waals surface area contributed by atoms with Crippen LogP contribution in [0.4, 0.5) is 0 Å². The highest BCUT2D eigenvalue weighted by atomic mass is 16.2. The summed E-state index contributed by atoms with van der Waals surface area (Å²) in [6, 6.07) is 21.3. The molecule has 0 spiro atoms. The molecule has 1 saturated heterocycles. The molecule has 0 bridgehead atoms. The van der Waals surface area contributed by atoms with E-state index in [1.54, 1.807) is 0 Å². The molecule has 9 rings (SSSR count). The fourth-order valence-corrected chi connectivity index (χ4v) is 9.72. The van der Waals surface area contributed by atoms with Crippen molar-refractivity contribution >= 4 is 11.8 Å². The van der Waals surface area contributed by atoms with E-state index < -0.39 is 0 Å². The molecule has 6 saturated carbocycles. The normalized spacial score (nSPS) is 46.1. The van der Waals surface area contributed by atoms with Gasteiger partial charge in [-0.15, -0.1) is 0 Å². The zero-order chi connectivity index (χ0) is 20.0. The molecule has 1 aliphatic heterocycles. The Morgan fingerprint density at radius 3 is 1.83 bits per heavy atom. The minimum atomic E-state index is -0.169. The molecule has 0 atom stereocenters. The highest BCUT2D eigenvalue weighted by Gasteiger charge is 3.12. The van der Waals surface area contributed by atoms with Gasteiger partial charge in [0.2, 0.25) is 11.8 Å². The standard InChI is InChI=1S/C26H24N2O2/c27-22(29)25-16-19-17(25)21-18(25)20(16)26(19,21)23(30)28-12-24(13-28,15-9-5-2-6-10-15)11-14-7-3-1-4-8-14/h1-10,16-21H,11-13H2,(H2,27,29). The van der Waals surface area contributed by atoms with Crippen LogP contribution in [0.3, 0.4) is 0 Å². The number of likely N-dealkylation sites (tertiary alicyclic amines) is 1. The van der Waals surface area contributed by atoms with E-state index in [1.807, 2.05) is 0 Å². The summed E-state index contributed by atoms with van der Waals surface area (Å²) in [5, 5.41) is 0. The molecule has 4 heteroatoms. The van der Waals surface area contributed by atoms with Crippen LogP contribution in [0.2, 0.25) is 0 Å². The van der Waals surface area contributed by atoms with E-state index in [-0.39, 0.29) is 22.2 Å². The molecule has 6 aliphatic carbocycles. The molecule has 0 aromatic heterocycles. The fraction of sp³-hybridized carbons (Fsp3) is 0.462. The second kappa shape index (κ2) is 4.51. The van der Waals surface area contributed by atoms with Crippen LogP contribution in [0.25, 0.3) is 0 Å². The van der Waals surface area contributed by atoms with Crippen LogP contribution < -0.4 is 5.73 Å². The third-order valence-corrected chi connectivity index (χ3v) is 10.5. The van der Waals surface area contributed by atoms with Crippen molar-refractivity contribution in [3.8, 4) is 0 Å². The third kappa shape index (κ3) is 1.24. The van der Waals surface area contributed by atoms with Crippen LogP contribution in [0, 0.1) is 46.3 Å². The van der Waals surface area contributed by atoms with Crippen molar-refractivity contribution in [1.82, 2.24) is 4.90 Å². The smallest absolute Gasteiger partial charge is 0.229 e. The van der Waals surface area contributed by atoms with Crippen molar-refractivity contribution < 1.29 is 9.59 Å². The Morgan fingerprint density at radius 1 is 0.800 bits per heavy atom. The van der Waals surface area contributed by atoms with Crippen molar-refractivity contribution in [2.45, 2.75) is 11.8 Å². The maximum absolute atomic E-state index is 13.7. The maximum atomic E-state index is 13.7. The van der Waals surface area contributed by atoms with E-state index in [0.29, 0.717) is 41.4 Å². The average molecular weight is 396 g/mol. The lowest BCUT2D eigenvalue weighted by Gasteiger charge is -3.09. The number of nitrogens with two attached hydrogens (primary N) is 1. The van der Waals surface area contributed by atoms with Crippen LogP contribution in [-0.2, 0) is 21.4 Å². The van der Waals surface area contributed by atoms with Crippen molar-refractivity contribution in [2.75, 3.05) is 13.1 Å². The second-order valence-corrected chi connectivity index (χ2v) is 10.9. The van der Waals surface area contributed by atoms with Gasteiger partial charge < -0.3 is 10.6 Å². The Bertz CT molecular complexity index is 1080. The third-order valence-electron chi connectivity index (χ3n) is 10.5. The van der Waals surface area contributed by atoms with Crippen LogP contribution in [0.1, 0.15) is 11.1 Å². The molecule has 4 nitrogen and oxygen atoms in total. The first-order chi connectivity index (χ1) is 14.6. The van der Waals surface area contributed by atoms with Crippen molar-refractivity contribution in [2.24, 2.45) is 52.1 Å². The summed E-state index contributed by atoms with van der Waals surface area (Å²) in [7, 11) is 0. The van der Waals surface area contributed by atoms with Crippen LogP contribution in [0.15, 0.2) is 60.7 Å². The highest BCUT2D eigenvalue weighted by molar-refractivity contribution is 6.00. The van der Waals surface area contributed by atoms with Crippen molar-refractivity contribution in [3.05, 3.63) is 71.8 Å². The Labute approximate surface area is 175 Å². The number of hydrogen-bond acceptors (Lipinski definition) is 2. The van der Waals surface area contributed by atoms with Crippen molar-refractivity contribution in [3.63, 3.8) is 0 Å². The molecule has 2 N–H and O–H groups in total. The average Bonchev–Trinajstić information content (AvgIpc) is 2.76. The SMILES string of the molecule is NC(=O)C12C3C4C1C1C2C3C41C(=O)N1CC(Cc2ccccc2)(c2ccccc2)C1. The zero-order valence-electron chi connectivity index (χ0n) is 16.7. The summed E-state index contributed by atoms with van der Waals surface area (Å²) < 4.78 is 0. The first kappa shape index (κ1) is 16.1. The van der Waals surface area contributed by atoms with Gasteiger partial charge >= 0.3 is 0 Å². The molecule has 7 aliphatic rings. The van der Waals surface area contributed by atoms with E-state index >= 15 is 0 Å². The Balaban J connectivity index is 1.06. The lowest BCUT2D eigenvalue weighted by molar-refractivity contribution is -0.625.